The molecule has 2 aromatic rings. The van der Waals surface area contributed by atoms with Gasteiger partial charge in [0.1, 0.15) is 0 Å². The van der Waals surface area contributed by atoms with Crippen LogP contribution >= 0.6 is 11.6 Å². The van der Waals surface area contributed by atoms with Crippen LogP contribution < -0.4 is 4.90 Å². The first kappa shape index (κ1) is 11.3. The number of aliphatic hydroxyl groups is 1. The molecule has 2 aromatic carbocycles. The predicted molar refractivity (Wildman–Crippen MR) is 70.0 cm³/mol. The van der Waals surface area contributed by atoms with E-state index in [2.05, 4.69) is 0 Å². The maximum atomic E-state index is 12.1. The summed E-state index contributed by atoms with van der Waals surface area (Å²) in [6.07, 6.45) is -1.19. The van der Waals surface area contributed by atoms with E-state index >= 15 is 0 Å². The molecule has 0 saturated carbocycles. The lowest BCUT2D eigenvalue weighted by atomic mass is 10.1. The molecule has 0 bridgehead atoms. The number of carbonyl (C=O) groups excluding carboxylic acids is 1. The highest BCUT2D eigenvalue weighted by atomic mass is 35.5. The molecule has 3 rings (SSSR count). The van der Waals surface area contributed by atoms with E-state index in [1.807, 2.05) is 30.3 Å². The Morgan fingerprint density at radius 3 is 2.50 bits per heavy atom. The summed E-state index contributed by atoms with van der Waals surface area (Å²) in [7, 11) is 0. The van der Waals surface area contributed by atoms with Crippen LogP contribution in [0.3, 0.4) is 0 Å². The molecule has 1 N–H and O–H groups in total. The van der Waals surface area contributed by atoms with Crippen molar-refractivity contribution in [2.45, 2.75) is 6.10 Å². The van der Waals surface area contributed by atoms with Gasteiger partial charge in [-0.05, 0) is 24.3 Å². The Morgan fingerprint density at radius 1 is 1.06 bits per heavy atom. The molecule has 0 radical (unpaired) electrons. The van der Waals surface area contributed by atoms with Crippen LogP contribution in [0.2, 0.25) is 5.02 Å². The summed E-state index contributed by atoms with van der Waals surface area (Å²) in [5, 5.41) is 10.4. The molecule has 0 aromatic heterocycles. The number of rotatable bonds is 1. The van der Waals surface area contributed by atoms with Gasteiger partial charge in [-0.2, -0.15) is 0 Å². The van der Waals surface area contributed by atoms with Crippen LogP contribution in [0.4, 0.5) is 11.4 Å². The van der Waals surface area contributed by atoms with Gasteiger partial charge < -0.3 is 5.11 Å². The van der Waals surface area contributed by atoms with Crippen LogP contribution in [0, 0.1) is 0 Å². The van der Waals surface area contributed by atoms with Gasteiger partial charge in [0.15, 0.2) is 6.10 Å². The highest BCUT2D eigenvalue weighted by Crippen LogP contribution is 2.43. The smallest absolute Gasteiger partial charge is 0.265 e. The zero-order valence-corrected chi connectivity index (χ0v) is 10.1. The average Bonchev–Trinajstić information content (AvgIpc) is 2.64. The van der Waals surface area contributed by atoms with E-state index in [0.717, 1.165) is 5.69 Å². The Labute approximate surface area is 109 Å². The van der Waals surface area contributed by atoms with E-state index in [1.54, 1.807) is 18.2 Å². The van der Waals surface area contributed by atoms with Crippen molar-refractivity contribution in [1.29, 1.82) is 0 Å². The van der Waals surface area contributed by atoms with Crippen molar-refractivity contribution in [3.05, 3.63) is 59.1 Å². The molecular weight excluding hydrogens is 250 g/mol. The number of hydrogen-bond acceptors (Lipinski definition) is 2. The van der Waals surface area contributed by atoms with Crippen LogP contribution in [0.1, 0.15) is 11.7 Å². The first-order valence-electron chi connectivity index (χ1n) is 5.55. The van der Waals surface area contributed by atoms with Crippen LogP contribution in [0.5, 0.6) is 0 Å². The van der Waals surface area contributed by atoms with E-state index in [0.29, 0.717) is 16.3 Å². The van der Waals surface area contributed by atoms with Gasteiger partial charge in [0, 0.05) is 16.3 Å². The van der Waals surface area contributed by atoms with Crippen LogP contribution in [-0.4, -0.2) is 11.0 Å². The number of anilines is 2. The van der Waals surface area contributed by atoms with Gasteiger partial charge in [-0.15, -0.1) is 0 Å². The van der Waals surface area contributed by atoms with Gasteiger partial charge in [-0.25, -0.2) is 0 Å². The van der Waals surface area contributed by atoms with E-state index in [9.17, 15) is 9.90 Å². The Bertz CT molecular complexity index is 612. The number of para-hydroxylation sites is 1. The summed E-state index contributed by atoms with van der Waals surface area (Å²) in [6, 6.07) is 14.4. The number of nitrogens with zero attached hydrogens (tertiary/aromatic N) is 1. The molecule has 4 heteroatoms. The van der Waals surface area contributed by atoms with Gasteiger partial charge in [0.05, 0.1) is 5.69 Å². The molecule has 1 unspecified atom stereocenters. The number of amides is 1. The molecule has 1 heterocycles. The maximum Gasteiger partial charge on any atom is 0.265 e. The normalized spacial score (nSPS) is 18.0. The molecule has 1 aliphatic rings. The Kier molecular flexibility index (Phi) is 2.58. The monoisotopic (exact) mass is 259 g/mol. The van der Waals surface area contributed by atoms with Gasteiger partial charge in [0.25, 0.3) is 5.91 Å². The zero-order valence-electron chi connectivity index (χ0n) is 9.38. The minimum Gasteiger partial charge on any atom is -0.378 e. The quantitative estimate of drug-likeness (QED) is 0.855. The van der Waals surface area contributed by atoms with E-state index < -0.39 is 6.10 Å². The lowest BCUT2D eigenvalue weighted by molar-refractivity contribution is -0.125. The summed E-state index contributed by atoms with van der Waals surface area (Å²) in [5.74, 6) is -0.371. The third-order valence-corrected chi connectivity index (χ3v) is 3.34. The Hall–Kier alpha value is -1.84. The Morgan fingerprint density at radius 2 is 1.78 bits per heavy atom. The van der Waals surface area contributed by atoms with Crippen molar-refractivity contribution >= 4 is 28.9 Å². The first-order chi connectivity index (χ1) is 8.70. The lowest BCUT2D eigenvalue weighted by Crippen LogP contribution is -2.23. The minimum atomic E-state index is -1.19. The second-order valence-corrected chi connectivity index (χ2v) is 4.49. The van der Waals surface area contributed by atoms with Crippen molar-refractivity contribution in [3.8, 4) is 0 Å². The first-order valence-corrected chi connectivity index (χ1v) is 5.93. The molecule has 0 aliphatic carbocycles. The molecule has 0 spiro atoms. The number of carbonyl (C=O) groups is 1. The molecule has 3 nitrogen and oxygen atoms in total. The van der Waals surface area contributed by atoms with Crippen molar-refractivity contribution in [3.63, 3.8) is 0 Å². The van der Waals surface area contributed by atoms with Crippen molar-refractivity contribution in [1.82, 2.24) is 0 Å². The summed E-state index contributed by atoms with van der Waals surface area (Å²) in [4.78, 5) is 13.6. The van der Waals surface area contributed by atoms with E-state index in [1.165, 1.54) is 4.90 Å². The minimum absolute atomic E-state index is 0.371. The van der Waals surface area contributed by atoms with Crippen molar-refractivity contribution in [2.75, 3.05) is 4.90 Å². The second kappa shape index (κ2) is 4.12. The molecule has 0 saturated heterocycles. The molecule has 0 fully saturated rings. The van der Waals surface area contributed by atoms with Crippen LogP contribution in [0.15, 0.2) is 48.5 Å². The fourth-order valence-electron chi connectivity index (χ4n) is 2.20. The van der Waals surface area contributed by atoms with Gasteiger partial charge >= 0.3 is 0 Å². The average molecular weight is 260 g/mol. The van der Waals surface area contributed by atoms with Gasteiger partial charge in [0.2, 0.25) is 0 Å². The van der Waals surface area contributed by atoms with Crippen LogP contribution in [0.25, 0.3) is 0 Å². The standard InChI is InChI=1S/C14H10ClNO2/c15-10-7-4-8-11-12(10)13(17)14(18)16(11)9-5-2-1-3-6-9/h1-8,13,17H. The van der Waals surface area contributed by atoms with Crippen LogP contribution in [-0.2, 0) is 4.79 Å². The molecule has 1 atom stereocenters. The highest BCUT2D eigenvalue weighted by molar-refractivity contribution is 6.33. The molecule has 90 valence electrons. The summed E-state index contributed by atoms with van der Waals surface area (Å²) in [6.45, 7) is 0. The number of fused-ring (bicyclic) bond motifs is 1. The fourth-order valence-corrected chi connectivity index (χ4v) is 2.47. The zero-order chi connectivity index (χ0) is 12.7. The van der Waals surface area contributed by atoms with Crippen molar-refractivity contribution in [2.24, 2.45) is 0 Å². The summed E-state index contributed by atoms with van der Waals surface area (Å²) in [5.41, 5.74) is 1.85. The molecule has 18 heavy (non-hydrogen) atoms. The fraction of sp³-hybridized carbons (Fsp3) is 0.0714. The number of hydrogen-bond donors (Lipinski definition) is 1. The molecular formula is C14H10ClNO2. The maximum absolute atomic E-state index is 12.1. The SMILES string of the molecule is O=C1C(O)c2c(Cl)cccc2N1c1ccccc1. The summed E-state index contributed by atoms with van der Waals surface area (Å²) >= 11 is 6.04. The number of aliphatic hydroxyl groups excluding tert-OH is 1. The van der Waals surface area contributed by atoms with Gasteiger partial charge in [-0.1, -0.05) is 35.9 Å². The Balaban J connectivity index is 2.20. The third kappa shape index (κ3) is 1.52. The summed E-state index contributed by atoms with van der Waals surface area (Å²) < 4.78 is 0. The van der Waals surface area contributed by atoms with E-state index in [-0.39, 0.29) is 5.91 Å². The number of halogens is 1. The predicted octanol–water partition coefficient (Wildman–Crippen LogP) is 3.05. The van der Waals surface area contributed by atoms with Crippen molar-refractivity contribution < 1.29 is 9.90 Å². The molecule has 1 aliphatic heterocycles. The highest BCUT2D eigenvalue weighted by Gasteiger charge is 2.38. The van der Waals surface area contributed by atoms with Gasteiger partial charge in [-0.3, -0.25) is 9.69 Å². The lowest BCUT2D eigenvalue weighted by Gasteiger charge is -2.17. The van der Waals surface area contributed by atoms with E-state index in [4.69, 9.17) is 11.6 Å². The number of benzene rings is 2. The second-order valence-electron chi connectivity index (χ2n) is 4.08. The largest absolute Gasteiger partial charge is 0.378 e. The topological polar surface area (TPSA) is 40.5 Å². The third-order valence-electron chi connectivity index (χ3n) is 3.01. The molecule has 1 amide bonds.